The predicted molar refractivity (Wildman–Crippen MR) is 114 cm³/mol. The minimum atomic E-state index is -0.531. The van der Waals surface area contributed by atoms with E-state index in [2.05, 4.69) is 15.3 Å². The van der Waals surface area contributed by atoms with Crippen LogP contribution in [0.25, 0.3) is 0 Å². The van der Waals surface area contributed by atoms with E-state index in [1.807, 2.05) is 51.2 Å². The first-order chi connectivity index (χ1) is 14.8. The van der Waals surface area contributed by atoms with Gasteiger partial charge in [0, 0.05) is 25.0 Å². The predicted octanol–water partition coefficient (Wildman–Crippen LogP) is 3.47. The summed E-state index contributed by atoms with van der Waals surface area (Å²) < 4.78 is 10.4. The maximum atomic E-state index is 12.4. The third-order valence-corrected chi connectivity index (χ3v) is 5.03. The number of hydrogen-bond acceptors (Lipinski definition) is 7. The number of amides is 2. The fourth-order valence-electron chi connectivity index (χ4n) is 3.46. The molecule has 0 bridgehead atoms. The molecule has 1 aromatic heterocycles. The van der Waals surface area contributed by atoms with Crippen LogP contribution in [-0.2, 0) is 29.0 Å². The largest absolute Gasteiger partial charge is 0.448 e. The number of carbonyl (C=O) groups excluding carboxylic acids is 2. The summed E-state index contributed by atoms with van der Waals surface area (Å²) in [7, 11) is 0. The molecule has 1 N–H and O–H groups in total. The van der Waals surface area contributed by atoms with E-state index in [0.717, 1.165) is 22.5 Å². The Balaban J connectivity index is 1.39. The van der Waals surface area contributed by atoms with Gasteiger partial charge in [-0.25, -0.2) is 19.6 Å². The Morgan fingerprint density at radius 1 is 1.23 bits per heavy atom. The lowest BCUT2D eigenvalue weighted by Gasteiger charge is -2.30. The van der Waals surface area contributed by atoms with Crippen LogP contribution in [0.2, 0.25) is 0 Å². The molecule has 1 aromatic carbocycles. The first-order valence-corrected chi connectivity index (χ1v) is 10.4. The fraction of sp³-hybridized carbons (Fsp3) is 0.455. The number of rotatable bonds is 4. The number of nitrogens with zero attached hydrogens (tertiary/aromatic N) is 4. The Hall–Kier alpha value is -3.36. The molecular weight excluding hydrogens is 398 g/mol. The number of fused-ring (bicyclic) bond motifs is 1. The highest BCUT2D eigenvalue weighted by Gasteiger charge is 2.27. The zero-order valence-electron chi connectivity index (χ0n) is 18.1. The Labute approximate surface area is 181 Å². The van der Waals surface area contributed by atoms with Gasteiger partial charge in [-0.1, -0.05) is 12.1 Å². The van der Waals surface area contributed by atoms with Crippen molar-refractivity contribution in [1.29, 1.82) is 0 Å². The van der Waals surface area contributed by atoms with Crippen LogP contribution in [0.3, 0.4) is 0 Å². The molecule has 1 fully saturated rings. The van der Waals surface area contributed by atoms with Crippen molar-refractivity contribution in [3.8, 4) is 0 Å². The van der Waals surface area contributed by atoms with Crippen molar-refractivity contribution in [3.05, 3.63) is 47.3 Å². The van der Waals surface area contributed by atoms with Crippen LogP contribution in [0, 0.1) is 0 Å². The van der Waals surface area contributed by atoms with E-state index in [9.17, 15) is 9.59 Å². The summed E-state index contributed by atoms with van der Waals surface area (Å²) in [5, 5.41) is 3.20. The highest BCUT2D eigenvalue weighted by Crippen LogP contribution is 2.22. The van der Waals surface area contributed by atoms with Crippen LogP contribution in [0.15, 0.2) is 30.5 Å². The Kier molecular flexibility index (Phi) is 5.67. The molecular formula is C22H27N5O4. The second-order valence-electron chi connectivity index (χ2n) is 8.68. The van der Waals surface area contributed by atoms with Crippen molar-refractivity contribution in [2.24, 2.45) is 0 Å². The first-order valence-electron chi connectivity index (χ1n) is 10.4. The van der Waals surface area contributed by atoms with Crippen molar-refractivity contribution in [2.75, 3.05) is 25.0 Å². The second-order valence-corrected chi connectivity index (χ2v) is 8.68. The summed E-state index contributed by atoms with van der Waals surface area (Å²) in [4.78, 5) is 36.3. The van der Waals surface area contributed by atoms with Crippen molar-refractivity contribution in [3.63, 3.8) is 0 Å². The molecule has 0 saturated carbocycles. The molecule has 3 heterocycles. The van der Waals surface area contributed by atoms with Gasteiger partial charge in [-0.2, -0.15) is 0 Å². The third kappa shape index (κ3) is 5.22. The van der Waals surface area contributed by atoms with Crippen LogP contribution in [0.4, 0.5) is 21.2 Å². The van der Waals surface area contributed by atoms with Gasteiger partial charge in [-0.05, 0) is 50.5 Å². The summed E-state index contributed by atoms with van der Waals surface area (Å²) in [6.45, 7) is 8.13. The molecule has 2 aliphatic heterocycles. The highest BCUT2D eigenvalue weighted by atomic mass is 16.6. The first kappa shape index (κ1) is 20.9. The molecule has 0 atom stereocenters. The maximum Gasteiger partial charge on any atom is 0.410 e. The number of nitrogens with one attached hydrogen (secondary N) is 1. The molecule has 0 unspecified atom stereocenters. The minimum Gasteiger partial charge on any atom is -0.448 e. The summed E-state index contributed by atoms with van der Waals surface area (Å²) in [6, 6.07) is 7.76. The molecule has 0 aliphatic carbocycles. The van der Waals surface area contributed by atoms with Crippen molar-refractivity contribution in [2.45, 2.75) is 45.9 Å². The number of ether oxygens (including phenoxy) is 2. The van der Waals surface area contributed by atoms with Gasteiger partial charge in [0.1, 0.15) is 12.2 Å². The summed E-state index contributed by atoms with van der Waals surface area (Å²) in [5.74, 6) is 0.473. The standard InChI is InChI=1S/C22H27N5O4/c1-22(2,3)31-21(29)26-9-8-16-12-23-19(25-18(16)14-26)24-17-6-4-15(5-7-17)13-27-10-11-30-20(27)28/h4-7,12H,8-11,13-14H2,1-3H3,(H,23,24,25). The van der Waals surface area contributed by atoms with Crippen LogP contribution >= 0.6 is 0 Å². The van der Waals surface area contributed by atoms with Crippen LogP contribution in [0.1, 0.15) is 37.6 Å². The zero-order valence-corrected chi connectivity index (χ0v) is 18.1. The monoisotopic (exact) mass is 425 g/mol. The van der Waals surface area contributed by atoms with Gasteiger partial charge in [0.15, 0.2) is 0 Å². The van der Waals surface area contributed by atoms with E-state index in [4.69, 9.17) is 9.47 Å². The second kappa shape index (κ2) is 8.41. The van der Waals surface area contributed by atoms with E-state index in [-0.39, 0.29) is 12.2 Å². The molecule has 0 spiro atoms. The number of anilines is 2. The van der Waals surface area contributed by atoms with Crippen LogP contribution in [0.5, 0.6) is 0 Å². The number of cyclic esters (lactones) is 1. The third-order valence-electron chi connectivity index (χ3n) is 5.03. The minimum absolute atomic E-state index is 0.273. The molecule has 9 heteroatoms. The van der Waals surface area contributed by atoms with E-state index in [1.165, 1.54) is 0 Å². The summed E-state index contributed by atoms with van der Waals surface area (Å²) in [6.07, 6.45) is 1.90. The van der Waals surface area contributed by atoms with E-state index < -0.39 is 5.60 Å². The van der Waals surface area contributed by atoms with Crippen molar-refractivity contribution in [1.82, 2.24) is 19.8 Å². The topological polar surface area (TPSA) is 96.9 Å². The number of hydrogen-bond donors (Lipinski definition) is 1. The van der Waals surface area contributed by atoms with Gasteiger partial charge in [-0.3, -0.25) is 0 Å². The van der Waals surface area contributed by atoms with Crippen LogP contribution in [-0.4, -0.2) is 57.3 Å². The van der Waals surface area contributed by atoms with Gasteiger partial charge in [-0.15, -0.1) is 0 Å². The molecule has 1 saturated heterocycles. The lowest BCUT2D eigenvalue weighted by Crippen LogP contribution is -2.40. The Morgan fingerprint density at radius 2 is 2.00 bits per heavy atom. The van der Waals surface area contributed by atoms with Gasteiger partial charge >= 0.3 is 12.2 Å². The average molecular weight is 425 g/mol. The van der Waals surface area contributed by atoms with Gasteiger partial charge in [0.25, 0.3) is 0 Å². The smallest absolute Gasteiger partial charge is 0.410 e. The average Bonchev–Trinajstić information content (AvgIpc) is 3.12. The van der Waals surface area contributed by atoms with Crippen LogP contribution < -0.4 is 5.32 Å². The molecule has 2 aliphatic rings. The molecule has 31 heavy (non-hydrogen) atoms. The maximum absolute atomic E-state index is 12.4. The molecule has 0 radical (unpaired) electrons. The van der Waals surface area contributed by atoms with Gasteiger partial charge < -0.3 is 24.6 Å². The Morgan fingerprint density at radius 3 is 2.68 bits per heavy atom. The van der Waals surface area contributed by atoms with Crippen molar-refractivity contribution >= 4 is 23.8 Å². The lowest BCUT2D eigenvalue weighted by molar-refractivity contribution is 0.0220. The molecule has 9 nitrogen and oxygen atoms in total. The lowest BCUT2D eigenvalue weighted by atomic mass is 10.1. The number of benzene rings is 1. The summed E-state index contributed by atoms with van der Waals surface area (Å²) >= 11 is 0. The quantitative estimate of drug-likeness (QED) is 0.801. The molecule has 2 aromatic rings. The zero-order chi connectivity index (χ0) is 22.0. The Bertz CT molecular complexity index is 971. The van der Waals surface area contributed by atoms with Gasteiger partial charge in [0.05, 0.1) is 18.8 Å². The normalized spacial score (nSPS) is 16.0. The van der Waals surface area contributed by atoms with Crippen molar-refractivity contribution < 1.29 is 19.1 Å². The van der Waals surface area contributed by atoms with E-state index >= 15 is 0 Å². The fourth-order valence-corrected chi connectivity index (χ4v) is 3.46. The van der Waals surface area contributed by atoms with E-state index in [1.54, 1.807) is 9.80 Å². The number of aromatic nitrogens is 2. The van der Waals surface area contributed by atoms with E-state index in [0.29, 0.717) is 45.2 Å². The van der Waals surface area contributed by atoms with Gasteiger partial charge in [0.2, 0.25) is 5.95 Å². The molecule has 4 rings (SSSR count). The SMILES string of the molecule is CC(C)(C)OC(=O)N1CCc2cnc(Nc3ccc(CN4CCOC4=O)cc3)nc2C1. The molecule has 2 amide bonds. The summed E-state index contributed by atoms with van der Waals surface area (Å²) in [5.41, 5.74) is 3.19. The number of carbonyl (C=O) groups is 2. The molecule has 164 valence electrons. The highest BCUT2D eigenvalue weighted by molar-refractivity contribution is 5.69.